The summed E-state index contributed by atoms with van der Waals surface area (Å²) >= 11 is 7.63. The minimum Gasteiger partial charge on any atom is -0.497 e. The summed E-state index contributed by atoms with van der Waals surface area (Å²) in [6, 6.07) is 9.84. The Morgan fingerprint density at radius 3 is 2.38 bits per heavy atom. The van der Waals surface area contributed by atoms with Gasteiger partial charge in [0.25, 0.3) is 0 Å². The molecule has 0 radical (unpaired) electrons. The fourth-order valence-corrected chi connectivity index (χ4v) is 5.71. The first-order chi connectivity index (χ1) is 17.9. The number of amides is 2. The first-order valence-corrected chi connectivity index (χ1v) is 14.1. The van der Waals surface area contributed by atoms with E-state index in [2.05, 4.69) is 26.7 Å². The molecule has 1 unspecified atom stereocenters. The smallest absolute Gasteiger partial charge is 0.233 e. The monoisotopic (exact) mass is 546 g/mol. The highest BCUT2D eigenvalue weighted by Gasteiger charge is 2.28. The lowest BCUT2D eigenvalue weighted by molar-refractivity contribution is -0.133. The highest BCUT2D eigenvalue weighted by Crippen LogP contribution is 2.25. The number of piperazine rings is 2. The molecule has 1 atom stereocenters. The lowest BCUT2D eigenvalue weighted by atomic mass is 10.1. The molecule has 2 aromatic rings. The topological polar surface area (TPSA) is 82.1 Å². The zero-order chi connectivity index (χ0) is 26.4. The van der Waals surface area contributed by atoms with Gasteiger partial charge in [-0.25, -0.2) is 9.97 Å². The molecule has 0 bridgehead atoms. The third kappa shape index (κ3) is 6.98. The van der Waals surface area contributed by atoms with E-state index in [1.54, 1.807) is 13.2 Å². The molecule has 0 aliphatic carbocycles. The molecule has 9 nitrogen and oxygen atoms in total. The van der Waals surface area contributed by atoms with Crippen molar-refractivity contribution < 1.29 is 14.3 Å². The fraction of sp³-hybridized carbons (Fsp3) is 0.538. The molecule has 3 heterocycles. The van der Waals surface area contributed by atoms with Crippen molar-refractivity contribution in [3.63, 3.8) is 0 Å². The van der Waals surface area contributed by atoms with Gasteiger partial charge in [0.15, 0.2) is 5.16 Å². The van der Waals surface area contributed by atoms with Crippen molar-refractivity contribution in [1.82, 2.24) is 19.8 Å². The largest absolute Gasteiger partial charge is 0.497 e. The van der Waals surface area contributed by atoms with E-state index in [0.29, 0.717) is 49.5 Å². The van der Waals surface area contributed by atoms with Crippen LogP contribution in [0.2, 0.25) is 5.15 Å². The summed E-state index contributed by atoms with van der Waals surface area (Å²) in [5.74, 6) is 2.10. The number of anilines is 2. The normalized spacial score (nSPS) is 18.2. The maximum absolute atomic E-state index is 12.9. The standard InChI is InChI=1S/C26H35ClN6O3S/c1-4-5-24(34)33-15-14-32(17-19(33)2)23-16-22(27)28-26(29-23)37-18-25(35)31-12-10-30(11-13-31)20-6-8-21(36-3)9-7-20/h6-9,16,19H,4-5,10-15,17-18H2,1-3H3. The Kier molecular flexibility index (Phi) is 9.37. The van der Waals surface area contributed by atoms with E-state index >= 15 is 0 Å². The van der Waals surface area contributed by atoms with Crippen molar-refractivity contribution in [3.05, 3.63) is 35.5 Å². The minimum atomic E-state index is 0.0705. The van der Waals surface area contributed by atoms with Crippen LogP contribution in [0.4, 0.5) is 11.5 Å². The van der Waals surface area contributed by atoms with E-state index in [1.165, 1.54) is 11.8 Å². The van der Waals surface area contributed by atoms with Crippen molar-refractivity contribution in [3.8, 4) is 5.75 Å². The average Bonchev–Trinajstić information content (AvgIpc) is 2.91. The van der Waals surface area contributed by atoms with Crippen molar-refractivity contribution in [2.24, 2.45) is 0 Å². The maximum Gasteiger partial charge on any atom is 0.233 e. The quantitative estimate of drug-likeness (QED) is 0.283. The number of hydrogen-bond acceptors (Lipinski definition) is 8. The predicted octanol–water partition coefficient (Wildman–Crippen LogP) is 3.42. The molecule has 200 valence electrons. The molecule has 2 aliphatic heterocycles. The Labute approximate surface area is 228 Å². The van der Waals surface area contributed by atoms with Crippen LogP contribution >= 0.6 is 23.4 Å². The molecule has 2 aliphatic rings. The second-order valence-corrected chi connectivity index (χ2v) is 10.6. The number of hydrogen-bond donors (Lipinski definition) is 0. The first-order valence-electron chi connectivity index (χ1n) is 12.8. The summed E-state index contributed by atoms with van der Waals surface area (Å²) in [6.07, 6.45) is 1.43. The number of ether oxygens (including phenoxy) is 1. The van der Waals surface area contributed by atoms with E-state index in [0.717, 1.165) is 36.8 Å². The highest BCUT2D eigenvalue weighted by atomic mass is 35.5. The number of methoxy groups -OCH3 is 1. The molecule has 2 amide bonds. The summed E-state index contributed by atoms with van der Waals surface area (Å²) in [6.45, 7) is 9.03. The van der Waals surface area contributed by atoms with Gasteiger partial charge >= 0.3 is 0 Å². The zero-order valence-corrected chi connectivity index (χ0v) is 23.3. The van der Waals surface area contributed by atoms with Crippen LogP contribution in [0.1, 0.15) is 26.7 Å². The molecule has 0 spiro atoms. The molecule has 0 N–H and O–H groups in total. The molecule has 37 heavy (non-hydrogen) atoms. The molecular formula is C26H35ClN6O3S. The van der Waals surface area contributed by atoms with Gasteiger partial charge in [0, 0.05) is 70.0 Å². The SMILES string of the molecule is CCCC(=O)N1CCN(c2cc(Cl)nc(SCC(=O)N3CCN(c4ccc(OC)cc4)CC3)n2)CC1C. The van der Waals surface area contributed by atoms with Crippen LogP contribution in [0.5, 0.6) is 5.75 Å². The van der Waals surface area contributed by atoms with Gasteiger partial charge in [0.1, 0.15) is 16.7 Å². The van der Waals surface area contributed by atoms with E-state index in [1.807, 2.05) is 41.0 Å². The van der Waals surface area contributed by atoms with E-state index in [-0.39, 0.29) is 23.6 Å². The molecule has 1 aromatic heterocycles. The third-order valence-electron chi connectivity index (χ3n) is 6.79. The minimum absolute atomic E-state index is 0.0705. The number of benzene rings is 1. The Bertz CT molecular complexity index is 1080. The summed E-state index contributed by atoms with van der Waals surface area (Å²) in [5.41, 5.74) is 1.13. The first kappa shape index (κ1) is 27.3. The second kappa shape index (κ2) is 12.7. The van der Waals surface area contributed by atoms with Gasteiger partial charge in [-0.2, -0.15) is 0 Å². The molecule has 0 saturated carbocycles. The van der Waals surface area contributed by atoms with E-state index in [4.69, 9.17) is 16.3 Å². The van der Waals surface area contributed by atoms with E-state index in [9.17, 15) is 9.59 Å². The second-order valence-electron chi connectivity index (χ2n) is 9.32. The fourth-order valence-electron chi connectivity index (χ4n) is 4.73. The van der Waals surface area contributed by atoms with Crippen LogP contribution in [0.25, 0.3) is 0 Å². The molecule has 4 rings (SSSR count). The van der Waals surface area contributed by atoms with Crippen molar-refractivity contribution in [2.75, 3.05) is 68.5 Å². The van der Waals surface area contributed by atoms with Gasteiger partial charge < -0.3 is 24.3 Å². The number of carbonyl (C=O) groups excluding carboxylic acids is 2. The lowest BCUT2D eigenvalue weighted by Gasteiger charge is -2.40. The number of thioether (sulfide) groups is 1. The van der Waals surface area contributed by atoms with Gasteiger partial charge in [0.2, 0.25) is 11.8 Å². The Morgan fingerprint density at radius 1 is 1.03 bits per heavy atom. The van der Waals surface area contributed by atoms with E-state index < -0.39 is 0 Å². The summed E-state index contributed by atoms with van der Waals surface area (Å²) < 4.78 is 5.23. The average molecular weight is 547 g/mol. The van der Waals surface area contributed by atoms with Crippen molar-refractivity contribution >= 4 is 46.7 Å². The number of aromatic nitrogens is 2. The maximum atomic E-state index is 12.9. The highest BCUT2D eigenvalue weighted by molar-refractivity contribution is 7.99. The van der Waals surface area contributed by atoms with Crippen LogP contribution in [-0.4, -0.2) is 96.3 Å². The van der Waals surface area contributed by atoms with Gasteiger partial charge in [-0.1, -0.05) is 30.3 Å². The van der Waals surface area contributed by atoms with Crippen molar-refractivity contribution in [1.29, 1.82) is 0 Å². The van der Waals surface area contributed by atoms with Crippen LogP contribution in [-0.2, 0) is 9.59 Å². The molecule has 2 fully saturated rings. The zero-order valence-electron chi connectivity index (χ0n) is 21.7. The van der Waals surface area contributed by atoms with Crippen LogP contribution < -0.4 is 14.5 Å². The Balaban J connectivity index is 1.29. The number of carbonyl (C=O) groups is 2. The van der Waals surface area contributed by atoms with Crippen LogP contribution in [0.3, 0.4) is 0 Å². The summed E-state index contributed by atoms with van der Waals surface area (Å²) in [5, 5.41) is 0.843. The predicted molar refractivity (Wildman–Crippen MR) is 148 cm³/mol. The Morgan fingerprint density at radius 2 is 1.73 bits per heavy atom. The molecular weight excluding hydrogens is 512 g/mol. The number of rotatable bonds is 8. The van der Waals surface area contributed by atoms with Gasteiger partial charge in [-0.05, 0) is 37.6 Å². The molecule has 11 heteroatoms. The number of nitrogens with zero attached hydrogens (tertiary/aromatic N) is 6. The van der Waals surface area contributed by atoms with Crippen molar-refractivity contribution in [2.45, 2.75) is 37.9 Å². The van der Waals surface area contributed by atoms with Crippen LogP contribution in [0.15, 0.2) is 35.5 Å². The lowest BCUT2D eigenvalue weighted by Crippen LogP contribution is -2.54. The van der Waals surface area contributed by atoms with Gasteiger partial charge in [0.05, 0.1) is 12.9 Å². The molecule has 1 aromatic carbocycles. The number of halogens is 1. The Hall–Kier alpha value is -2.72. The summed E-state index contributed by atoms with van der Waals surface area (Å²) in [4.78, 5) is 42.5. The van der Waals surface area contributed by atoms with Gasteiger partial charge in [-0.15, -0.1) is 0 Å². The van der Waals surface area contributed by atoms with Crippen LogP contribution in [0, 0.1) is 0 Å². The van der Waals surface area contributed by atoms with Gasteiger partial charge in [-0.3, -0.25) is 9.59 Å². The third-order valence-corrected chi connectivity index (χ3v) is 7.82. The summed E-state index contributed by atoms with van der Waals surface area (Å²) in [7, 11) is 1.66. The molecule has 2 saturated heterocycles.